The summed E-state index contributed by atoms with van der Waals surface area (Å²) < 4.78 is 41.8. The standard InChI is InChI=1S/C9H7F3INO2/c1-2-16-8(15)5-3-6(9(10,11)12)14-7(13)4-5/h3-4H,2H2,1H3. The maximum absolute atomic E-state index is 12.4. The molecule has 0 radical (unpaired) electrons. The fourth-order valence-corrected chi connectivity index (χ4v) is 1.57. The Morgan fingerprint density at radius 3 is 2.62 bits per heavy atom. The molecule has 0 saturated carbocycles. The van der Waals surface area contributed by atoms with Gasteiger partial charge in [0.2, 0.25) is 0 Å². The number of esters is 1. The number of halogens is 4. The predicted octanol–water partition coefficient (Wildman–Crippen LogP) is 2.88. The highest BCUT2D eigenvalue weighted by Crippen LogP contribution is 2.28. The van der Waals surface area contributed by atoms with Crippen LogP contribution in [0.5, 0.6) is 0 Å². The van der Waals surface area contributed by atoms with Crippen molar-refractivity contribution in [1.29, 1.82) is 0 Å². The van der Waals surface area contributed by atoms with Gasteiger partial charge in [-0.05, 0) is 41.6 Å². The van der Waals surface area contributed by atoms with Crippen LogP contribution < -0.4 is 0 Å². The fraction of sp³-hybridized carbons (Fsp3) is 0.333. The molecule has 0 aromatic carbocycles. The van der Waals surface area contributed by atoms with E-state index in [4.69, 9.17) is 0 Å². The number of hydrogen-bond donors (Lipinski definition) is 0. The van der Waals surface area contributed by atoms with Crippen molar-refractivity contribution < 1.29 is 22.7 Å². The van der Waals surface area contributed by atoms with E-state index in [9.17, 15) is 18.0 Å². The van der Waals surface area contributed by atoms with Crippen LogP contribution in [0.2, 0.25) is 0 Å². The van der Waals surface area contributed by atoms with Crippen LogP contribution in [0.25, 0.3) is 0 Å². The molecule has 0 atom stereocenters. The highest BCUT2D eigenvalue weighted by atomic mass is 127. The van der Waals surface area contributed by atoms with Crippen molar-refractivity contribution in [3.63, 3.8) is 0 Å². The summed E-state index contributed by atoms with van der Waals surface area (Å²) in [6.45, 7) is 1.69. The van der Waals surface area contributed by atoms with Crippen LogP contribution in [0.15, 0.2) is 12.1 Å². The van der Waals surface area contributed by atoms with Crippen LogP contribution in [-0.2, 0) is 10.9 Å². The lowest BCUT2D eigenvalue weighted by molar-refractivity contribution is -0.141. The van der Waals surface area contributed by atoms with Gasteiger partial charge in [0.15, 0.2) is 0 Å². The average molecular weight is 345 g/mol. The number of carbonyl (C=O) groups is 1. The first-order chi connectivity index (χ1) is 7.34. The van der Waals surface area contributed by atoms with Gasteiger partial charge in [-0.25, -0.2) is 9.78 Å². The van der Waals surface area contributed by atoms with Crippen molar-refractivity contribution in [3.05, 3.63) is 27.1 Å². The Morgan fingerprint density at radius 1 is 1.50 bits per heavy atom. The average Bonchev–Trinajstić information content (AvgIpc) is 2.16. The Labute approximate surface area is 103 Å². The molecule has 16 heavy (non-hydrogen) atoms. The largest absolute Gasteiger partial charge is 0.462 e. The molecular weight excluding hydrogens is 338 g/mol. The molecular formula is C9H7F3INO2. The minimum absolute atomic E-state index is 0.0930. The molecule has 3 nitrogen and oxygen atoms in total. The van der Waals surface area contributed by atoms with Gasteiger partial charge >= 0.3 is 12.1 Å². The molecule has 0 unspecified atom stereocenters. The summed E-state index contributed by atoms with van der Waals surface area (Å²) in [7, 11) is 0. The van der Waals surface area contributed by atoms with Gasteiger partial charge in [0.05, 0.1) is 12.2 Å². The van der Waals surface area contributed by atoms with Crippen LogP contribution in [0.4, 0.5) is 13.2 Å². The third-order valence-electron chi connectivity index (χ3n) is 1.60. The highest BCUT2D eigenvalue weighted by Gasteiger charge is 2.33. The number of alkyl halides is 3. The smallest absolute Gasteiger partial charge is 0.433 e. The number of rotatable bonds is 2. The van der Waals surface area contributed by atoms with E-state index >= 15 is 0 Å². The number of nitrogens with zero attached hydrogens (tertiary/aromatic N) is 1. The SMILES string of the molecule is CCOC(=O)c1cc(I)nc(C(F)(F)F)c1. The molecule has 0 aliphatic rings. The first-order valence-electron chi connectivity index (χ1n) is 4.26. The Balaban J connectivity index is 3.13. The molecule has 0 aliphatic heterocycles. The van der Waals surface area contributed by atoms with E-state index in [-0.39, 0.29) is 15.9 Å². The Kier molecular flexibility index (Phi) is 4.11. The lowest BCUT2D eigenvalue weighted by Gasteiger charge is -2.08. The first-order valence-corrected chi connectivity index (χ1v) is 5.34. The minimum Gasteiger partial charge on any atom is -0.462 e. The Hall–Kier alpha value is -0.860. The molecule has 0 bridgehead atoms. The normalized spacial score (nSPS) is 11.3. The second kappa shape index (κ2) is 4.98. The van der Waals surface area contributed by atoms with Gasteiger partial charge in [0, 0.05) is 0 Å². The molecule has 1 heterocycles. The molecule has 7 heteroatoms. The number of pyridine rings is 1. The van der Waals surface area contributed by atoms with Crippen LogP contribution in [0, 0.1) is 3.70 Å². The first kappa shape index (κ1) is 13.2. The van der Waals surface area contributed by atoms with E-state index in [1.807, 2.05) is 0 Å². The molecule has 1 aromatic heterocycles. The second-order valence-corrected chi connectivity index (χ2v) is 3.89. The van der Waals surface area contributed by atoms with Crippen molar-refractivity contribution in [2.24, 2.45) is 0 Å². The second-order valence-electron chi connectivity index (χ2n) is 2.78. The van der Waals surface area contributed by atoms with E-state index < -0.39 is 17.8 Å². The lowest BCUT2D eigenvalue weighted by atomic mass is 10.2. The summed E-state index contributed by atoms with van der Waals surface area (Å²) in [6.07, 6.45) is -4.57. The summed E-state index contributed by atoms with van der Waals surface area (Å²) in [6, 6.07) is 1.92. The lowest BCUT2D eigenvalue weighted by Crippen LogP contribution is -2.12. The van der Waals surface area contributed by atoms with Crippen molar-refractivity contribution in [1.82, 2.24) is 4.98 Å². The third-order valence-corrected chi connectivity index (χ3v) is 2.15. The summed E-state index contributed by atoms with van der Waals surface area (Å²) in [5.41, 5.74) is -1.24. The number of hydrogen-bond acceptors (Lipinski definition) is 3. The highest BCUT2D eigenvalue weighted by molar-refractivity contribution is 14.1. The van der Waals surface area contributed by atoms with Gasteiger partial charge in [-0.2, -0.15) is 13.2 Å². The van der Waals surface area contributed by atoms with E-state index in [1.165, 1.54) is 6.07 Å². The molecule has 0 N–H and O–H groups in total. The van der Waals surface area contributed by atoms with Gasteiger partial charge in [0.25, 0.3) is 0 Å². The van der Waals surface area contributed by atoms with Gasteiger partial charge in [0.1, 0.15) is 9.39 Å². The van der Waals surface area contributed by atoms with Crippen molar-refractivity contribution in [2.75, 3.05) is 6.61 Å². The molecule has 0 saturated heterocycles. The Bertz CT molecular complexity index is 406. The van der Waals surface area contributed by atoms with Crippen LogP contribution >= 0.6 is 22.6 Å². The zero-order valence-corrected chi connectivity index (χ0v) is 10.3. The molecule has 0 aliphatic carbocycles. The van der Waals surface area contributed by atoms with Gasteiger partial charge in [-0.1, -0.05) is 0 Å². The molecule has 0 amide bonds. The third kappa shape index (κ3) is 3.32. The monoisotopic (exact) mass is 345 g/mol. The maximum atomic E-state index is 12.4. The maximum Gasteiger partial charge on any atom is 0.433 e. The predicted molar refractivity (Wildman–Crippen MR) is 57.9 cm³/mol. The molecule has 1 rings (SSSR count). The molecule has 0 spiro atoms. The molecule has 88 valence electrons. The molecule has 1 aromatic rings. The minimum atomic E-state index is -4.57. The zero-order chi connectivity index (χ0) is 12.3. The van der Waals surface area contributed by atoms with E-state index in [0.29, 0.717) is 6.07 Å². The summed E-state index contributed by atoms with van der Waals surface area (Å²) in [4.78, 5) is 14.6. The van der Waals surface area contributed by atoms with Gasteiger partial charge < -0.3 is 4.74 Å². The van der Waals surface area contributed by atoms with Crippen LogP contribution in [0.1, 0.15) is 23.0 Å². The molecule has 0 fully saturated rings. The summed E-state index contributed by atoms with van der Waals surface area (Å²) in [5.74, 6) is -0.784. The van der Waals surface area contributed by atoms with E-state index in [0.717, 1.165) is 0 Å². The van der Waals surface area contributed by atoms with Gasteiger partial charge in [-0.3, -0.25) is 0 Å². The number of carbonyl (C=O) groups excluding carboxylic acids is 1. The van der Waals surface area contributed by atoms with Crippen LogP contribution in [0.3, 0.4) is 0 Å². The van der Waals surface area contributed by atoms with E-state index in [1.54, 1.807) is 29.5 Å². The zero-order valence-electron chi connectivity index (χ0n) is 8.14. The topological polar surface area (TPSA) is 39.2 Å². The van der Waals surface area contributed by atoms with Crippen molar-refractivity contribution in [2.45, 2.75) is 13.1 Å². The number of aromatic nitrogens is 1. The van der Waals surface area contributed by atoms with E-state index in [2.05, 4.69) is 9.72 Å². The van der Waals surface area contributed by atoms with Crippen molar-refractivity contribution in [3.8, 4) is 0 Å². The fourth-order valence-electron chi connectivity index (χ4n) is 0.974. The van der Waals surface area contributed by atoms with Crippen LogP contribution in [-0.4, -0.2) is 17.6 Å². The summed E-state index contributed by atoms with van der Waals surface area (Å²) in [5, 5.41) is 0. The Morgan fingerprint density at radius 2 is 2.12 bits per heavy atom. The van der Waals surface area contributed by atoms with Crippen molar-refractivity contribution >= 4 is 28.6 Å². The quantitative estimate of drug-likeness (QED) is 0.470. The van der Waals surface area contributed by atoms with Gasteiger partial charge in [-0.15, -0.1) is 0 Å². The summed E-state index contributed by atoms with van der Waals surface area (Å²) >= 11 is 1.61. The number of ether oxygens (including phenoxy) is 1.